The molecule has 18 heavy (non-hydrogen) atoms. The molecule has 4 nitrogen and oxygen atoms in total. The number of anilines is 1. The minimum Gasteiger partial charge on any atom is -0.478 e. The highest BCUT2D eigenvalue weighted by Crippen LogP contribution is 2.29. The number of nitrogens with zero attached hydrogens (tertiary/aromatic N) is 2. The topological polar surface area (TPSA) is 53.4 Å². The number of carboxylic acids is 1. The van der Waals surface area contributed by atoms with Crippen LogP contribution in [0.5, 0.6) is 0 Å². The van der Waals surface area contributed by atoms with Gasteiger partial charge < -0.3 is 10.0 Å². The fraction of sp³-hybridized carbons (Fsp3) is 0.500. The number of aromatic carboxylic acids is 1. The van der Waals surface area contributed by atoms with Gasteiger partial charge in [-0.3, -0.25) is 0 Å². The van der Waals surface area contributed by atoms with Gasteiger partial charge in [-0.25, -0.2) is 14.2 Å². The second-order valence-electron chi connectivity index (χ2n) is 4.49. The molecule has 1 aliphatic heterocycles. The van der Waals surface area contributed by atoms with Crippen LogP contribution in [0.25, 0.3) is 0 Å². The Balaban J connectivity index is 2.35. The summed E-state index contributed by atoms with van der Waals surface area (Å²) in [5, 5.41) is 9.92. The number of rotatable bonds is 2. The molecule has 1 fully saturated rings. The van der Waals surface area contributed by atoms with Crippen molar-refractivity contribution in [3.8, 4) is 0 Å². The van der Waals surface area contributed by atoms with Crippen molar-refractivity contribution in [2.75, 3.05) is 18.0 Å². The van der Waals surface area contributed by atoms with Gasteiger partial charge in [-0.2, -0.15) is 11.8 Å². The van der Waals surface area contributed by atoms with Gasteiger partial charge >= 0.3 is 5.97 Å². The third-order valence-corrected chi connectivity index (χ3v) is 4.01. The molecule has 0 saturated carbocycles. The molecule has 0 radical (unpaired) electrons. The predicted octanol–water partition coefficient (Wildman–Crippen LogP) is 2.25. The monoisotopic (exact) mass is 270 g/mol. The molecular formula is C12H15FN2O2S. The van der Waals surface area contributed by atoms with Crippen LogP contribution in [0.15, 0.2) is 12.3 Å². The van der Waals surface area contributed by atoms with Crippen molar-refractivity contribution in [3.05, 3.63) is 23.6 Å². The van der Waals surface area contributed by atoms with E-state index in [2.05, 4.69) is 18.8 Å². The second kappa shape index (κ2) is 5.14. The first kappa shape index (κ1) is 13.1. The third-order valence-electron chi connectivity index (χ3n) is 2.78. The van der Waals surface area contributed by atoms with Crippen molar-refractivity contribution in [1.82, 2.24) is 4.98 Å². The third kappa shape index (κ3) is 2.75. The zero-order valence-corrected chi connectivity index (χ0v) is 11.1. The van der Waals surface area contributed by atoms with Gasteiger partial charge in [0, 0.05) is 23.6 Å². The van der Waals surface area contributed by atoms with Gasteiger partial charge in [0.15, 0.2) is 0 Å². The maximum atomic E-state index is 13.1. The van der Waals surface area contributed by atoms with Gasteiger partial charge in [0.1, 0.15) is 17.2 Å². The first-order valence-electron chi connectivity index (χ1n) is 5.76. The van der Waals surface area contributed by atoms with E-state index >= 15 is 0 Å². The number of halogens is 1. The Morgan fingerprint density at radius 2 is 2.11 bits per heavy atom. The molecule has 0 aromatic carbocycles. The lowest BCUT2D eigenvalue weighted by Crippen LogP contribution is -2.41. The van der Waals surface area contributed by atoms with Crippen LogP contribution in [0, 0.1) is 5.82 Å². The van der Waals surface area contributed by atoms with Crippen molar-refractivity contribution < 1.29 is 14.3 Å². The van der Waals surface area contributed by atoms with Crippen molar-refractivity contribution in [2.45, 2.75) is 24.3 Å². The van der Waals surface area contributed by atoms with Gasteiger partial charge in [-0.1, -0.05) is 13.8 Å². The highest BCUT2D eigenvalue weighted by molar-refractivity contribution is 8.00. The summed E-state index contributed by atoms with van der Waals surface area (Å²) >= 11 is 1.87. The summed E-state index contributed by atoms with van der Waals surface area (Å²) in [6, 6.07) is 1.03. The Morgan fingerprint density at radius 1 is 1.50 bits per heavy atom. The van der Waals surface area contributed by atoms with Crippen LogP contribution in [-0.4, -0.2) is 39.6 Å². The van der Waals surface area contributed by atoms with Crippen molar-refractivity contribution >= 4 is 23.5 Å². The molecule has 2 heterocycles. The molecule has 1 aromatic heterocycles. The molecule has 2 rings (SSSR count). The number of pyridine rings is 1. The number of hydrogen-bond donors (Lipinski definition) is 1. The molecule has 0 aliphatic carbocycles. The molecule has 1 saturated heterocycles. The molecule has 98 valence electrons. The summed E-state index contributed by atoms with van der Waals surface area (Å²) in [7, 11) is 0. The highest BCUT2D eigenvalue weighted by atomic mass is 32.2. The molecule has 1 N–H and O–H groups in total. The van der Waals surface area contributed by atoms with E-state index in [1.54, 1.807) is 0 Å². The first-order chi connectivity index (χ1) is 8.47. The Bertz CT molecular complexity index is 459. The Hall–Kier alpha value is -1.30. The number of thioether (sulfide) groups is 1. The van der Waals surface area contributed by atoms with E-state index in [0.29, 0.717) is 16.3 Å². The van der Waals surface area contributed by atoms with Gasteiger partial charge in [0.05, 0.1) is 6.20 Å². The van der Waals surface area contributed by atoms with Crippen LogP contribution >= 0.6 is 11.8 Å². The lowest BCUT2D eigenvalue weighted by Gasteiger charge is -2.35. The molecule has 0 bridgehead atoms. The molecule has 2 unspecified atom stereocenters. The van der Waals surface area contributed by atoms with Gasteiger partial charge in [0.2, 0.25) is 0 Å². The van der Waals surface area contributed by atoms with Gasteiger partial charge in [-0.15, -0.1) is 0 Å². The SMILES string of the molecule is CC1CN(c2ncc(F)cc2C(=O)O)CC(C)S1. The fourth-order valence-corrected chi connectivity index (χ4v) is 3.52. The van der Waals surface area contributed by atoms with Crippen LogP contribution < -0.4 is 4.90 Å². The molecule has 0 amide bonds. The minimum atomic E-state index is -1.14. The molecule has 6 heteroatoms. The van der Waals surface area contributed by atoms with E-state index in [0.717, 1.165) is 25.4 Å². The van der Waals surface area contributed by atoms with Gasteiger partial charge in [0.25, 0.3) is 0 Å². The summed E-state index contributed by atoms with van der Waals surface area (Å²) in [6.07, 6.45) is 1.07. The number of aromatic nitrogens is 1. The minimum absolute atomic E-state index is 0.0682. The summed E-state index contributed by atoms with van der Waals surface area (Å²) in [6.45, 7) is 5.65. The second-order valence-corrected chi connectivity index (χ2v) is 6.37. The van der Waals surface area contributed by atoms with E-state index in [1.807, 2.05) is 16.7 Å². The van der Waals surface area contributed by atoms with Crippen LogP contribution in [0.2, 0.25) is 0 Å². The average Bonchev–Trinajstić information content (AvgIpc) is 2.27. The van der Waals surface area contributed by atoms with Crippen LogP contribution in [-0.2, 0) is 0 Å². The average molecular weight is 270 g/mol. The van der Waals surface area contributed by atoms with Crippen molar-refractivity contribution in [1.29, 1.82) is 0 Å². The van der Waals surface area contributed by atoms with Crippen LogP contribution in [0.4, 0.5) is 10.2 Å². The maximum Gasteiger partial charge on any atom is 0.339 e. The summed E-state index contributed by atoms with van der Waals surface area (Å²) < 4.78 is 13.1. The van der Waals surface area contributed by atoms with Gasteiger partial charge in [-0.05, 0) is 6.07 Å². The molecule has 2 atom stereocenters. The van der Waals surface area contributed by atoms with Crippen LogP contribution in [0.1, 0.15) is 24.2 Å². The normalized spacial score (nSPS) is 24.1. The smallest absolute Gasteiger partial charge is 0.339 e. The lowest BCUT2D eigenvalue weighted by molar-refractivity contribution is 0.0696. The molecular weight excluding hydrogens is 255 g/mol. The Morgan fingerprint density at radius 3 is 2.67 bits per heavy atom. The van der Waals surface area contributed by atoms with Crippen molar-refractivity contribution in [3.63, 3.8) is 0 Å². The summed E-state index contributed by atoms with van der Waals surface area (Å²) in [5.74, 6) is -1.40. The van der Waals surface area contributed by atoms with Crippen molar-refractivity contribution in [2.24, 2.45) is 0 Å². The molecule has 1 aliphatic rings. The number of carboxylic acid groups (broad SMARTS) is 1. The highest BCUT2D eigenvalue weighted by Gasteiger charge is 2.26. The van der Waals surface area contributed by atoms with E-state index in [1.165, 1.54) is 0 Å². The Kier molecular flexibility index (Phi) is 3.75. The lowest BCUT2D eigenvalue weighted by atomic mass is 10.2. The zero-order chi connectivity index (χ0) is 13.3. The Labute approximate surface area is 109 Å². The summed E-state index contributed by atoms with van der Waals surface area (Å²) in [5.41, 5.74) is -0.0682. The zero-order valence-electron chi connectivity index (χ0n) is 10.3. The quantitative estimate of drug-likeness (QED) is 0.893. The van der Waals surface area contributed by atoms with E-state index in [-0.39, 0.29) is 5.56 Å². The van der Waals surface area contributed by atoms with Crippen LogP contribution in [0.3, 0.4) is 0 Å². The summed E-state index contributed by atoms with van der Waals surface area (Å²) in [4.78, 5) is 17.0. The standard InChI is InChI=1S/C12H15FN2O2S/c1-7-5-15(6-8(2)18-7)11-10(12(16)17)3-9(13)4-14-11/h3-4,7-8H,5-6H2,1-2H3,(H,16,17). The first-order valence-corrected chi connectivity index (χ1v) is 6.71. The van der Waals surface area contributed by atoms with E-state index in [9.17, 15) is 9.18 Å². The predicted molar refractivity (Wildman–Crippen MR) is 69.9 cm³/mol. The number of carbonyl (C=O) groups is 1. The molecule has 0 spiro atoms. The fourth-order valence-electron chi connectivity index (χ4n) is 2.19. The van der Waals surface area contributed by atoms with E-state index in [4.69, 9.17) is 5.11 Å². The maximum absolute atomic E-state index is 13.1. The largest absolute Gasteiger partial charge is 0.478 e. The number of hydrogen-bond acceptors (Lipinski definition) is 4. The van der Waals surface area contributed by atoms with E-state index < -0.39 is 11.8 Å². The molecule has 1 aromatic rings.